The molecule has 1 aliphatic carbocycles. The van der Waals surface area contributed by atoms with E-state index in [4.69, 9.17) is 0 Å². The van der Waals surface area contributed by atoms with Gasteiger partial charge in [-0.15, -0.1) is 11.8 Å². The Bertz CT molecular complexity index is 505. The maximum Gasteiger partial charge on any atom is 0.308 e. The zero-order chi connectivity index (χ0) is 12.4. The van der Waals surface area contributed by atoms with Crippen LogP contribution in [-0.2, 0) is 4.79 Å². The quantitative estimate of drug-likeness (QED) is 0.790. The molecule has 0 bridgehead atoms. The van der Waals surface area contributed by atoms with Gasteiger partial charge in [0.2, 0.25) is 0 Å². The molecule has 1 N–H and O–H groups in total. The van der Waals surface area contributed by atoms with Crippen LogP contribution >= 0.6 is 0 Å². The maximum atomic E-state index is 11.2. The molecule has 0 aliphatic heterocycles. The van der Waals surface area contributed by atoms with E-state index in [1.807, 2.05) is 19.9 Å². The summed E-state index contributed by atoms with van der Waals surface area (Å²) < 4.78 is 0. The van der Waals surface area contributed by atoms with Gasteiger partial charge in [0.15, 0.2) is 0 Å². The molecule has 2 unspecified atom stereocenters. The van der Waals surface area contributed by atoms with Gasteiger partial charge in [0.25, 0.3) is 0 Å². The van der Waals surface area contributed by atoms with Crippen LogP contribution in [0.1, 0.15) is 35.4 Å². The number of carboxylic acid groups (broad SMARTS) is 1. The monoisotopic (exact) mass is 228 g/mol. The summed E-state index contributed by atoms with van der Waals surface area (Å²) in [7, 11) is 0. The van der Waals surface area contributed by atoms with Crippen molar-refractivity contribution in [2.75, 3.05) is 0 Å². The number of rotatable bonds is 2. The number of benzene rings is 1. The summed E-state index contributed by atoms with van der Waals surface area (Å²) >= 11 is 0. The molecular formula is C15H16O2. The molecule has 0 spiro atoms. The summed E-state index contributed by atoms with van der Waals surface area (Å²) in [6.45, 7) is 4.09. The fourth-order valence-corrected chi connectivity index (χ4v) is 2.48. The summed E-state index contributed by atoms with van der Waals surface area (Å²) in [5.41, 5.74) is 3.52. The molecule has 0 fully saturated rings. The molecule has 0 heterocycles. The fourth-order valence-electron chi connectivity index (χ4n) is 2.48. The number of aryl methyl sites for hydroxylation is 2. The second-order valence-electron chi connectivity index (χ2n) is 4.67. The molecule has 2 nitrogen and oxygen atoms in total. The average molecular weight is 228 g/mol. The average Bonchev–Trinajstić information content (AvgIpc) is 2.29. The highest BCUT2D eigenvalue weighted by Gasteiger charge is 2.30. The Morgan fingerprint density at radius 3 is 2.65 bits per heavy atom. The van der Waals surface area contributed by atoms with Gasteiger partial charge in [0.05, 0.1) is 5.92 Å². The van der Waals surface area contributed by atoms with E-state index in [1.165, 1.54) is 11.1 Å². The van der Waals surface area contributed by atoms with Gasteiger partial charge in [-0.1, -0.05) is 23.8 Å². The van der Waals surface area contributed by atoms with Crippen molar-refractivity contribution in [3.05, 3.63) is 34.9 Å². The summed E-state index contributed by atoms with van der Waals surface area (Å²) in [6.07, 6.45) is 1.12. The third kappa shape index (κ3) is 2.34. The van der Waals surface area contributed by atoms with Crippen LogP contribution in [0.25, 0.3) is 0 Å². The zero-order valence-corrected chi connectivity index (χ0v) is 10.2. The van der Waals surface area contributed by atoms with Crippen LogP contribution in [0.5, 0.6) is 0 Å². The minimum Gasteiger partial charge on any atom is -0.481 e. The van der Waals surface area contributed by atoms with Crippen molar-refractivity contribution in [2.24, 2.45) is 5.92 Å². The van der Waals surface area contributed by atoms with Gasteiger partial charge >= 0.3 is 5.97 Å². The first-order valence-electron chi connectivity index (χ1n) is 5.85. The lowest BCUT2D eigenvalue weighted by Gasteiger charge is -2.25. The summed E-state index contributed by atoms with van der Waals surface area (Å²) in [4.78, 5) is 11.2. The lowest BCUT2D eigenvalue weighted by atomic mass is 9.78. The van der Waals surface area contributed by atoms with Gasteiger partial charge in [-0.2, -0.15) is 0 Å². The first-order chi connectivity index (χ1) is 8.09. The van der Waals surface area contributed by atoms with Gasteiger partial charge < -0.3 is 5.11 Å². The largest absolute Gasteiger partial charge is 0.481 e. The minimum absolute atomic E-state index is 0.0364. The van der Waals surface area contributed by atoms with E-state index in [0.717, 1.165) is 5.56 Å². The lowest BCUT2D eigenvalue weighted by Crippen LogP contribution is -2.24. The Labute approximate surface area is 102 Å². The van der Waals surface area contributed by atoms with Crippen molar-refractivity contribution in [3.8, 4) is 11.8 Å². The van der Waals surface area contributed by atoms with Crippen molar-refractivity contribution in [3.63, 3.8) is 0 Å². The van der Waals surface area contributed by atoms with E-state index < -0.39 is 5.97 Å². The third-order valence-corrected chi connectivity index (χ3v) is 3.40. The molecule has 17 heavy (non-hydrogen) atoms. The zero-order valence-electron chi connectivity index (χ0n) is 10.2. The highest BCUT2D eigenvalue weighted by atomic mass is 16.4. The van der Waals surface area contributed by atoms with Crippen LogP contribution in [0.4, 0.5) is 0 Å². The second-order valence-corrected chi connectivity index (χ2v) is 4.67. The molecule has 2 heteroatoms. The number of carbonyl (C=O) groups is 1. The fraction of sp³-hybridized carbons (Fsp3) is 0.400. The maximum absolute atomic E-state index is 11.2. The topological polar surface area (TPSA) is 37.3 Å². The summed E-state index contributed by atoms with van der Waals surface area (Å²) in [6, 6.07) is 6.21. The normalized spacial score (nSPS) is 22.7. The van der Waals surface area contributed by atoms with Crippen LogP contribution in [0.15, 0.2) is 18.2 Å². The van der Waals surface area contributed by atoms with E-state index in [0.29, 0.717) is 12.8 Å². The van der Waals surface area contributed by atoms with E-state index in [-0.39, 0.29) is 11.8 Å². The minimum atomic E-state index is -0.732. The van der Waals surface area contributed by atoms with E-state index >= 15 is 0 Å². The molecule has 0 amide bonds. The number of hydrogen-bond acceptors (Lipinski definition) is 1. The molecule has 1 aromatic rings. The molecule has 88 valence electrons. The highest BCUT2D eigenvalue weighted by molar-refractivity contribution is 5.72. The number of aliphatic carboxylic acids is 1. The van der Waals surface area contributed by atoms with Crippen molar-refractivity contribution < 1.29 is 9.90 Å². The van der Waals surface area contributed by atoms with Crippen LogP contribution in [0, 0.1) is 31.6 Å². The van der Waals surface area contributed by atoms with E-state index in [9.17, 15) is 9.90 Å². The Morgan fingerprint density at radius 2 is 2.00 bits per heavy atom. The van der Waals surface area contributed by atoms with Crippen LogP contribution in [-0.4, -0.2) is 11.1 Å². The third-order valence-electron chi connectivity index (χ3n) is 3.40. The van der Waals surface area contributed by atoms with Gasteiger partial charge in [0, 0.05) is 18.8 Å². The van der Waals surface area contributed by atoms with Gasteiger partial charge in [-0.3, -0.25) is 4.79 Å². The Hall–Kier alpha value is -1.75. The smallest absolute Gasteiger partial charge is 0.308 e. The first kappa shape index (κ1) is 11.7. The predicted octanol–water partition coefficient (Wildman–Crippen LogP) is 2.89. The molecule has 0 radical (unpaired) electrons. The van der Waals surface area contributed by atoms with E-state index in [2.05, 4.69) is 24.0 Å². The van der Waals surface area contributed by atoms with Crippen molar-refractivity contribution in [1.29, 1.82) is 0 Å². The SMILES string of the molecule is Cc1ccc(C2CC#CCC2C(=O)O)c(C)c1. The predicted molar refractivity (Wildman–Crippen MR) is 66.8 cm³/mol. The lowest BCUT2D eigenvalue weighted by molar-refractivity contribution is -0.142. The van der Waals surface area contributed by atoms with Crippen molar-refractivity contribution >= 4 is 5.97 Å². The van der Waals surface area contributed by atoms with Gasteiger partial charge in [-0.25, -0.2) is 0 Å². The van der Waals surface area contributed by atoms with E-state index in [1.54, 1.807) is 0 Å². The van der Waals surface area contributed by atoms with Crippen molar-refractivity contribution in [2.45, 2.75) is 32.6 Å². The molecule has 1 aliphatic rings. The highest BCUT2D eigenvalue weighted by Crippen LogP contribution is 2.34. The van der Waals surface area contributed by atoms with Gasteiger partial charge in [0.1, 0.15) is 0 Å². The Balaban J connectivity index is 2.38. The van der Waals surface area contributed by atoms with Crippen LogP contribution < -0.4 is 0 Å². The molecule has 0 saturated carbocycles. The van der Waals surface area contributed by atoms with Crippen LogP contribution in [0.3, 0.4) is 0 Å². The Morgan fingerprint density at radius 1 is 1.29 bits per heavy atom. The number of carboxylic acids is 1. The Kier molecular flexibility index (Phi) is 3.19. The number of hydrogen-bond donors (Lipinski definition) is 1. The molecule has 0 saturated heterocycles. The molecular weight excluding hydrogens is 212 g/mol. The molecule has 2 atom stereocenters. The second kappa shape index (κ2) is 4.63. The molecule has 0 aromatic heterocycles. The summed E-state index contributed by atoms with van der Waals surface area (Å²) in [5.74, 6) is 4.90. The molecule has 2 rings (SSSR count). The first-order valence-corrected chi connectivity index (χ1v) is 5.85. The van der Waals surface area contributed by atoms with Crippen LogP contribution in [0.2, 0.25) is 0 Å². The summed E-state index contributed by atoms with van der Waals surface area (Å²) in [5, 5.41) is 9.25. The van der Waals surface area contributed by atoms with Gasteiger partial charge in [-0.05, 0) is 25.0 Å². The van der Waals surface area contributed by atoms with Crippen molar-refractivity contribution in [1.82, 2.24) is 0 Å². The molecule has 1 aromatic carbocycles. The standard InChI is InChI=1S/C15H16O2/c1-10-7-8-12(11(2)9-10)13-5-3-4-6-14(13)15(16)17/h7-9,13-14H,5-6H2,1-2H3,(H,16,17).